The Labute approximate surface area is 104 Å². The lowest BCUT2D eigenvalue weighted by Crippen LogP contribution is -2.28. The number of halogens is 1. The van der Waals surface area contributed by atoms with Gasteiger partial charge in [0.25, 0.3) is 0 Å². The van der Waals surface area contributed by atoms with Gasteiger partial charge in [0, 0.05) is 11.6 Å². The molecule has 2 heteroatoms. The van der Waals surface area contributed by atoms with Gasteiger partial charge in [-0.3, -0.25) is 0 Å². The molecular weight excluding hydrogens is 213 g/mol. The Morgan fingerprint density at radius 2 is 1.82 bits per heavy atom. The van der Waals surface area contributed by atoms with E-state index in [4.69, 9.17) is 0 Å². The van der Waals surface area contributed by atoms with Gasteiger partial charge < -0.3 is 5.32 Å². The Balaban J connectivity index is 2.64. The summed E-state index contributed by atoms with van der Waals surface area (Å²) in [6, 6.07) is 7.16. The van der Waals surface area contributed by atoms with Crippen molar-refractivity contribution in [3.05, 3.63) is 35.6 Å². The molecular formula is C15H24FN. The third-order valence-electron chi connectivity index (χ3n) is 3.51. The molecule has 1 N–H and O–H groups in total. The molecule has 1 aromatic carbocycles. The quantitative estimate of drug-likeness (QED) is 0.783. The van der Waals surface area contributed by atoms with Crippen molar-refractivity contribution in [3.8, 4) is 0 Å². The summed E-state index contributed by atoms with van der Waals surface area (Å²) in [5, 5.41) is 3.47. The van der Waals surface area contributed by atoms with Crippen molar-refractivity contribution in [1.29, 1.82) is 0 Å². The summed E-state index contributed by atoms with van der Waals surface area (Å²) in [6.07, 6.45) is 0.908. The second-order valence-electron chi connectivity index (χ2n) is 5.11. The van der Waals surface area contributed by atoms with Gasteiger partial charge in [-0.25, -0.2) is 4.39 Å². The second-order valence-corrected chi connectivity index (χ2v) is 5.11. The number of nitrogens with one attached hydrogen (secondary N) is 1. The van der Waals surface area contributed by atoms with E-state index in [0.29, 0.717) is 11.8 Å². The summed E-state index contributed by atoms with van der Waals surface area (Å²) >= 11 is 0. The Morgan fingerprint density at radius 3 is 2.35 bits per heavy atom. The maximum atomic E-state index is 13.7. The molecule has 0 saturated heterocycles. The molecule has 2 atom stereocenters. The molecule has 0 aliphatic carbocycles. The molecule has 1 aromatic rings. The fourth-order valence-corrected chi connectivity index (χ4v) is 1.80. The van der Waals surface area contributed by atoms with Crippen molar-refractivity contribution in [2.45, 2.75) is 40.2 Å². The fourth-order valence-electron chi connectivity index (χ4n) is 1.80. The third kappa shape index (κ3) is 4.12. The first-order chi connectivity index (χ1) is 8.06. The molecule has 1 nitrogen and oxygen atoms in total. The van der Waals surface area contributed by atoms with E-state index in [9.17, 15) is 4.39 Å². The molecule has 1 rings (SSSR count). The van der Waals surface area contributed by atoms with Crippen molar-refractivity contribution >= 4 is 0 Å². The topological polar surface area (TPSA) is 12.0 Å². The van der Waals surface area contributed by atoms with Crippen LogP contribution in [0, 0.1) is 17.7 Å². The zero-order valence-electron chi connectivity index (χ0n) is 11.3. The predicted octanol–water partition coefficient (Wildman–Crippen LogP) is 4.16. The minimum Gasteiger partial charge on any atom is -0.310 e. The van der Waals surface area contributed by atoms with Crippen LogP contribution in [0.2, 0.25) is 0 Å². The van der Waals surface area contributed by atoms with E-state index in [1.807, 2.05) is 12.1 Å². The van der Waals surface area contributed by atoms with Crippen molar-refractivity contribution in [2.24, 2.45) is 11.8 Å². The first-order valence-corrected chi connectivity index (χ1v) is 6.54. The molecule has 2 unspecified atom stereocenters. The van der Waals surface area contributed by atoms with Crippen LogP contribution in [0.3, 0.4) is 0 Å². The number of rotatable bonds is 6. The highest BCUT2D eigenvalue weighted by Crippen LogP contribution is 2.20. The van der Waals surface area contributed by atoms with Crippen molar-refractivity contribution < 1.29 is 4.39 Å². The second kappa shape index (κ2) is 6.75. The molecule has 17 heavy (non-hydrogen) atoms. The van der Waals surface area contributed by atoms with Crippen molar-refractivity contribution in [3.63, 3.8) is 0 Å². The first-order valence-electron chi connectivity index (χ1n) is 6.54. The van der Waals surface area contributed by atoms with Crippen LogP contribution in [0.25, 0.3) is 0 Å². The van der Waals surface area contributed by atoms with Crippen LogP contribution in [-0.2, 0) is 0 Å². The van der Waals surface area contributed by atoms with E-state index in [2.05, 4.69) is 33.0 Å². The number of hydrogen-bond acceptors (Lipinski definition) is 1. The summed E-state index contributed by atoms with van der Waals surface area (Å²) < 4.78 is 13.7. The van der Waals surface area contributed by atoms with E-state index < -0.39 is 0 Å². The molecule has 0 amide bonds. The molecule has 0 heterocycles. The predicted molar refractivity (Wildman–Crippen MR) is 71.4 cm³/mol. The summed E-state index contributed by atoms with van der Waals surface area (Å²) in [4.78, 5) is 0. The van der Waals surface area contributed by atoms with Gasteiger partial charge in [-0.15, -0.1) is 0 Å². The Bertz CT molecular complexity index is 335. The van der Waals surface area contributed by atoms with Gasteiger partial charge in [0.15, 0.2) is 0 Å². The van der Waals surface area contributed by atoms with Crippen LogP contribution >= 0.6 is 0 Å². The lowest BCUT2D eigenvalue weighted by molar-refractivity contribution is 0.362. The zero-order chi connectivity index (χ0) is 12.8. The van der Waals surface area contributed by atoms with Crippen LogP contribution in [0.1, 0.15) is 45.7 Å². The average Bonchev–Trinajstić information content (AvgIpc) is 2.31. The molecule has 0 aliphatic rings. The van der Waals surface area contributed by atoms with Gasteiger partial charge in [-0.2, -0.15) is 0 Å². The van der Waals surface area contributed by atoms with Crippen LogP contribution in [0.15, 0.2) is 24.3 Å². The Morgan fingerprint density at radius 1 is 1.18 bits per heavy atom. The van der Waals surface area contributed by atoms with Crippen LogP contribution in [0.4, 0.5) is 4.39 Å². The number of hydrogen-bond donors (Lipinski definition) is 1. The monoisotopic (exact) mass is 237 g/mol. The van der Waals surface area contributed by atoms with Crippen molar-refractivity contribution in [2.75, 3.05) is 6.54 Å². The summed E-state index contributed by atoms with van der Waals surface area (Å²) in [7, 11) is 0. The molecule has 0 fully saturated rings. The van der Waals surface area contributed by atoms with Gasteiger partial charge >= 0.3 is 0 Å². The highest BCUT2D eigenvalue weighted by atomic mass is 19.1. The third-order valence-corrected chi connectivity index (χ3v) is 3.51. The largest absolute Gasteiger partial charge is 0.310 e. The van der Waals surface area contributed by atoms with E-state index in [1.165, 1.54) is 6.07 Å². The SMILES string of the molecule is CCC(NCC(C)C(C)C)c1ccccc1F. The molecule has 96 valence electrons. The number of benzene rings is 1. The van der Waals surface area contributed by atoms with Gasteiger partial charge in [-0.05, 0) is 30.9 Å². The molecule has 0 aromatic heterocycles. The van der Waals surface area contributed by atoms with E-state index in [-0.39, 0.29) is 11.9 Å². The summed E-state index contributed by atoms with van der Waals surface area (Å²) in [5.74, 6) is 1.15. The zero-order valence-corrected chi connectivity index (χ0v) is 11.3. The van der Waals surface area contributed by atoms with Gasteiger partial charge in [0.2, 0.25) is 0 Å². The minimum atomic E-state index is -0.107. The first kappa shape index (κ1) is 14.2. The molecule has 0 radical (unpaired) electrons. The minimum absolute atomic E-state index is 0.107. The van der Waals surface area contributed by atoms with Gasteiger partial charge in [0.05, 0.1) is 0 Å². The lowest BCUT2D eigenvalue weighted by atomic mass is 9.96. The Kier molecular flexibility index (Phi) is 5.63. The fraction of sp³-hybridized carbons (Fsp3) is 0.600. The summed E-state index contributed by atoms with van der Waals surface area (Å²) in [5.41, 5.74) is 0.783. The van der Waals surface area contributed by atoms with Crippen LogP contribution in [-0.4, -0.2) is 6.54 Å². The van der Waals surface area contributed by atoms with Crippen molar-refractivity contribution in [1.82, 2.24) is 5.32 Å². The van der Waals surface area contributed by atoms with E-state index in [0.717, 1.165) is 18.5 Å². The van der Waals surface area contributed by atoms with Crippen LogP contribution < -0.4 is 5.32 Å². The highest BCUT2D eigenvalue weighted by Gasteiger charge is 2.15. The molecule has 0 spiro atoms. The van der Waals surface area contributed by atoms with E-state index in [1.54, 1.807) is 6.07 Å². The van der Waals surface area contributed by atoms with Gasteiger partial charge in [0.1, 0.15) is 5.82 Å². The van der Waals surface area contributed by atoms with E-state index >= 15 is 0 Å². The Hall–Kier alpha value is -0.890. The van der Waals surface area contributed by atoms with Gasteiger partial charge in [-0.1, -0.05) is 45.9 Å². The standard InChI is InChI=1S/C15H24FN/c1-5-15(17-10-12(4)11(2)3)13-8-6-7-9-14(13)16/h6-9,11-12,15,17H,5,10H2,1-4H3. The average molecular weight is 237 g/mol. The highest BCUT2D eigenvalue weighted by molar-refractivity contribution is 5.21. The maximum absolute atomic E-state index is 13.7. The lowest BCUT2D eigenvalue weighted by Gasteiger charge is -2.22. The maximum Gasteiger partial charge on any atom is 0.127 e. The summed E-state index contributed by atoms with van der Waals surface area (Å²) in [6.45, 7) is 9.69. The van der Waals surface area contributed by atoms with Crippen LogP contribution in [0.5, 0.6) is 0 Å². The molecule has 0 bridgehead atoms. The molecule has 0 saturated carbocycles. The smallest absolute Gasteiger partial charge is 0.127 e. The molecule has 0 aliphatic heterocycles. The normalized spacial score (nSPS) is 14.9.